The third kappa shape index (κ3) is 3.03. The van der Waals surface area contributed by atoms with E-state index >= 15 is 0 Å². The summed E-state index contributed by atoms with van der Waals surface area (Å²) in [5.41, 5.74) is 7.16. The van der Waals surface area contributed by atoms with Crippen LogP contribution in [-0.4, -0.2) is 12.1 Å². The number of nitrogens with one attached hydrogen (secondary N) is 1. The molecular formula is C13H19FN2. The fraction of sp³-hybridized carbons (Fsp3) is 0.538. The Morgan fingerprint density at radius 1 is 1.19 bits per heavy atom. The topological polar surface area (TPSA) is 38.0 Å². The molecule has 1 saturated carbocycles. The van der Waals surface area contributed by atoms with E-state index in [0.29, 0.717) is 6.04 Å². The Hall–Kier alpha value is -0.930. The number of rotatable bonds is 3. The normalized spacial score (nSPS) is 25.6. The molecule has 88 valence electrons. The minimum Gasteiger partial charge on any atom is -0.326 e. The summed E-state index contributed by atoms with van der Waals surface area (Å²) in [5, 5.41) is 3.46. The zero-order chi connectivity index (χ0) is 11.4. The Labute approximate surface area is 96.0 Å². The van der Waals surface area contributed by atoms with Crippen LogP contribution in [0.1, 0.15) is 31.2 Å². The van der Waals surface area contributed by atoms with Crippen molar-refractivity contribution in [3.63, 3.8) is 0 Å². The number of hydrogen-bond acceptors (Lipinski definition) is 2. The molecule has 1 fully saturated rings. The van der Waals surface area contributed by atoms with Gasteiger partial charge in [0.1, 0.15) is 5.82 Å². The number of nitrogens with two attached hydrogens (primary N) is 1. The van der Waals surface area contributed by atoms with Crippen LogP contribution in [0.3, 0.4) is 0 Å². The van der Waals surface area contributed by atoms with Crippen LogP contribution in [0.15, 0.2) is 24.3 Å². The Morgan fingerprint density at radius 3 is 2.56 bits per heavy atom. The number of hydrogen-bond donors (Lipinski definition) is 2. The first-order valence-corrected chi connectivity index (χ1v) is 5.99. The summed E-state index contributed by atoms with van der Waals surface area (Å²) < 4.78 is 12.7. The average molecular weight is 222 g/mol. The molecule has 1 aliphatic carbocycles. The second kappa shape index (κ2) is 5.41. The van der Waals surface area contributed by atoms with Gasteiger partial charge < -0.3 is 11.1 Å². The smallest absolute Gasteiger partial charge is 0.123 e. The van der Waals surface area contributed by atoms with Gasteiger partial charge in [-0.05, 0) is 30.5 Å². The average Bonchev–Trinajstić information content (AvgIpc) is 2.30. The molecule has 0 saturated heterocycles. The van der Waals surface area contributed by atoms with E-state index in [0.717, 1.165) is 24.9 Å². The second-order valence-electron chi connectivity index (χ2n) is 4.56. The van der Waals surface area contributed by atoms with Crippen LogP contribution in [0.4, 0.5) is 4.39 Å². The van der Waals surface area contributed by atoms with E-state index in [1.165, 1.54) is 25.0 Å². The van der Waals surface area contributed by atoms with Crippen LogP contribution in [0, 0.1) is 5.82 Å². The predicted molar refractivity (Wildman–Crippen MR) is 63.5 cm³/mol. The van der Waals surface area contributed by atoms with Crippen molar-refractivity contribution in [3.8, 4) is 0 Å². The SMILES string of the molecule is N[C@H]1CCCC[C@@H]1NCc1ccc(F)cc1. The van der Waals surface area contributed by atoms with Gasteiger partial charge in [-0.25, -0.2) is 4.39 Å². The lowest BCUT2D eigenvalue weighted by Crippen LogP contribution is -2.46. The quantitative estimate of drug-likeness (QED) is 0.822. The van der Waals surface area contributed by atoms with Crippen molar-refractivity contribution in [2.75, 3.05) is 0 Å². The van der Waals surface area contributed by atoms with E-state index in [1.807, 2.05) is 12.1 Å². The van der Waals surface area contributed by atoms with Crippen LogP contribution in [0.2, 0.25) is 0 Å². The van der Waals surface area contributed by atoms with Gasteiger partial charge in [0.25, 0.3) is 0 Å². The highest BCUT2D eigenvalue weighted by Gasteiger charge is 2.20. The first kappa shape index (κ1) is 11.6. The standard InChI is InChI=1S/C13H19FN2/c14-11-7-5-10(6-8-11)9-16-13-4-2-1-3-12(13)15/h5-8,12-13,16H,1-4,9,15H2/t12-,13-/m0/s1. The molecule has 0 spiro atoms. The molecular weight excluding hydrogens is 203 g/mol. The molecule has 0 bridgehead atoms. The van der Waals surface area contributed by atoms with Gasteiger partial charge in [0.2, 0.25) is 0 Å². The van der Waals surface area contributed by atoms with Gasteiger partial charge in [0.05, 0.1) is 0 Å². The molecule has 0 heterocycles. The van der Waals surface area contributed by atoms with Gasteiger partial charge in [-0.3, -0.25) is 0 Å². The van der Waals surface area contributed by atoms with Gasteiger partial charge >= 0.3 is 0 Å². The highest BCUT2D eigenvalue weighted by molar-refractivity contribution is 5.15. The third-order valence-corrected chi connectivity index (χ3v) is 3.30. The molecule has 2 atom stereocenters. The van der Waals surface area contributed by atoms with E-state index < -0.39 is 0 Å². The molecule has 3 heteroatoms. The molecule has 16 heavy (non-hydrogen) atoms. The van der Waals surface area contributed by atoms with Crippen molar-refractivity contribution in [1.82, 2.24) is 5.32 Å². The molecule has 1 aromatic rings. The highest BCUT2D eigenvalue weighted by Crippen LogP contribution is 2.17. The minimum atomic E-state index is -0.182. The molecule has 1 aromatic carbocycles. The van der Waals surface area contributed by atoms with Crippen molar-refractivity contribution in [2.45, 2.75) is 44.3 Å². The molecule has 0 unspecified atom stereocenters. The van der Waals surface area contributed by atoms with Crippen LogP contribution in [0.5, 0.6) is 0 Å². The summed E-state index contributed by atoms with van der Waals surface area (Å²) in [4.78, 5) is 0. The fourth-order valence-corrected chi connectivity index (χ4v) is 2.26. The van der Waals surface area contributed by atoms with Crippen LogP contribution < -0.4 is 11.1 Å². The van der Waals surface area contributed by atoms with Gasteiger partial charge in [-0.15, -0.1) is 0 Å². The van der Waals surface area contributed by atoms with Crippen LogP contribution in [0.25, 0.3) is 0 Å². The molecule has 0 aliphatic heterocycles. The summed E-state index contributed by atoms with van der Waals surface area (Å²) in [6.07, 6.45) is 4.77. The van der Waals surface area contributed by atoms with Crippen LogP contribution >= 0.6 is 0 Å². The van der Waals surface area contributed by atoms with Gasteiger partial charge in [0, 0.05) is 18.6 Å². The van der Waals surface area contributed by atoms with Crippen molar-refractivity contribution in [2.24, 2.45) is 5.73 Å². The molecule has 0 radical (unpaired) electrons. The van der Waals surface area contributed by atoms with E-state index in [-0.39, 0.29) is 11.9 Å². The van der Waals surface area contributed by atoms with Crippen molar-refractivity contribution < 1.29 is 4.39 Å². The molecule has 0 aromatic heterocycles. The Bertz CT molecular complexity index is 323. The lowest BCUT2D eigenvalue weighted by Gasteiger charge is -2.29. The summed E-state index contributed by atoms with van der Waals surface area (Å²) in [6.45, 7) is 0.776. The van der Waals surface area contributed by atoms with Gasteiger partial charge in [-0.2, -0.15) is 0 Å². The van der Waals surface area contributed by atoms with E-state index in [2.05, 4.69) is 5.32 Å². The second-order valence-corrected chi connectivity index (χ2v) is 4.56. The van der Waals surface area contributed by atoms with E-state index in [1.54, 1.807) is 0 Å². The highest BCUT2D eigenvalue weighted by atomic mass is 19.1. The monoisotopic (exact) mass is 222 g/mol. The lowest BCUT2D eigenvalue weighted by molar-refractivity contribution is 0.326. The Kier molecular flexibility index (Phi) is 3.91. The largest absolute Gasteiger partial charge is 0.326 e. The first-order valence-electron chi connectivity index (χ1n) is 5.99. The Balaban J connectivity index is 1.84. The van der Waals surface area contributed by atoms with Crippen molar-refractivity contribution >= 4 is 0 Å². The Morgan fingerprint density at radius 2 is 1.88 bits per heavy atom. The fourth-order valence-electron chi connectivity index (χ4n) is 2.26. The maximum atomic E-state index is 12.7. The summed E-state index contributed by atoms with van der Waals surface area (Å²) in [5.74, 6) is -0.182. The summed E-state index contributed by atoms with van der Waals surface area (Å²) in [7, 11) is 0. The molecule has 0 amide bonds. The van der Waals surface area contributed by atoms with Gasteiger partial charge in [-0.1, -0.05) is 25.0 Å². The molecule has 2 nitrogen and oxygen atoms in total. The van der Waals surface area contributed by atoms with Crippen molar-refractivity contribution in [3.05, 3.63) is 35.6 Å². The molecule has 1 aliphatic rings. The van der Waals surface area contributed by atoms with E-state index in [4.69, 9.17) is 5.73 Å². The molecule has 3 N–H and O–H groups in total. The van der Waals surface area contributed by atoms with Gasteiger partial charge in [0.15, 0.2) is 0 Å². The van der Waals surface area contributed by atoms with Crippen molar-refractivity contribution in [1.29, 1.82) is 0 Å². The summed E-state index contributed by atoms with van der Waals surface area (Å²) >= 11 is 0. The van der Waals surface area contributed by atoms with E-state index in [9.17, 15) is 4.39 Å². The lowest BCUT2D eigenvalue weighted by atomic mass is 9.91. The number of halogens is 1. The first-order chi connectivity index (χ1) is 7.75. The zero-order valence-electron chi connectivity index (χ0n) is 9.45. The third-order valence-electron chi connectivity index (χ3n) is 3.30. The maximum Gasteiger partial charge on any atom is 0.123 e. The minimum absolute atomic E-state index is 0.182. The van der Waals surface area contributed by atoms with Crippen LogP contribution in [-0.2, 0) is 6.54 Å². The number of benzene rings is 1. The summed E-state index contributed by atoms with van der Waals surface area (Å²) in [6, 6.07) is 7.32. The zero-order valence-corrected chi connectivity index (χ0v) is 9.45. The predicted octanol–water partition coefficient (Wildman–Crippen LogP) is 2.19. The maximum absolute atomic E-state index is 12.7. The molecule has 2 rings (SSSR count).